The Balaban J connectivity index is 1.27. The number of benzene rings is 2. The zero-order valence-corrected chi connectivity index (χ0v) is 18.2. The first-order valence-corrected chi connectivity index (χ1v) is 10.8. The number of carbonyl (C=O) groups excluding carboxylic acids is 1. The minimum atomic E-state index is 0.00459. The predicted molar refractivity (Wildman–Crippen MR) is 122 cm³/mol. The van der Waals surface area contributed by atoms with E-state index in [2.05, 4.69) is 27.3 Å². The molecule has 0 aliphatic carbocycles. The molecule has 1 saturated heterocycles. The molecule has 7 heteroatoms. The molecule has 2 aromatic carbocycles. The zero-order valence-electron chi connectivity index (χ0n) is 18.2. The van der Waals surface area contributed by atoms with Crippen molar-refractivity contribution in [1.82, 2.24) is 10.2 Å². The number of rotatable bonds is 6. The summed E-state index contributed by atoms with van der Waals surface area (Å²) in [6.07, 6.45) is 1.93. The smallest absolute Gasteiger partial charge is 0.265 e. The maximum Gasteiger partial charge on any atom is 0.265 e. The fourth-order valence-electron chi connectivity index (χ4n) is 4.27. The molecule has 4 rings (SSSR count). The van der Waals surface area contributed by atoms with E-state index in [9.17, 15) is 4.79 Å². The molecule has 1 unspecified atom stereocenters. The maximum absolute atomic E-state index is 12.3. The Morgan fingerprint density at radius 3 is 2.81 bits per heavy atom. The first-order valence-electron chi connectivity index (χ1n) is 10.8. The Morgan fingerprint density at radius 1 is 1.23 bits per heavy atom. The molecule has 2 aliphatic rings. The molecule has 2 aliphatic heterocycles. The van der Waals surface area contributed by atoms with Crippen molar-refractivity contribution in [2.45, 2.75) is 18.8 Å². The quantitative estimate of drug-likeness (QED) is 0.441. The van der Waals surface area contributed by atoms with Crippen molar-refractivity contribution in [3.05, 3.63) is 54.1 Å². The largest absolute Gasteiger partial charge is 0.497 e. The van der Waals surface area contributed by atoms with E-state index in [1.165, 1.54) is 5.56 Å². The first kappa shape index (κ1) is 21.0. The molecule has 2 heterocycles. The lowest BCUT2D eigenvalue weighted by molar-refractivity contribution is -0.121. The van der Waals surface area contributed by atoms with Crippen molar-refractivity contribution < 1.29 is 14.3 Å². The third kappa shape index (κ3) is 4.76. The van der Waals surface area contributed by atoms with Crippen LogP contribution < -0.4 is 19.7 Å². The van der Waals surface area contributed by atoms with E-state index < -0.39 is 0 Å². The second-order valence-electron chi connectivity index (χ2n) is 7.83. The number of methoxy groups -OCH3 is 1. The van der Waals surface area contributed by atoms with E-state index in [1.807, 2.05) is 48.3 Å². The zero-order chi connectivity index (χ0) is 21.6. The SMILES string of the molecule is CN=C(NCCCN1C(=O)COc2ccccc21)N1CCC(c2ccc(OC)cc2)C1. The molecule has 2 aromatic rings. The summed E-state index contributed by atoms with van der Waals surface area (Å²) in [5.41, 5.74) is 2.19. The maximum atomic E-state index is 12.3. The molecule has 1 N–H and O–H groups in total. The van der Waals surface area contributed by atoms with Crippen molar-refractivity contribution >= 4 is 17.6 Å². The van der Waals surface area contributed by atoms with Crippen LogP contribution in [0.15, 0.2) is 53.5 Å². The van der Waals surface area contributed by atoms with Crippen LogP contribution in [0.4, 0.5) is 5.69 Å². The van der Waals surface area contributed by atoms with Gasteiger partial charge < -0.3 is 24.6 Å². The summed E-state index contributed by atoms with van der Waals surface area (Å²) in [6.45, 7) is 3.43. The van der Waals surface area contributed by atoms with Crippen LogP contribution in [0.2, 0.25) is 0 Å². The van der Waals surface area contributed by atoms with Gasteiger partial charge in [0.15, 0.2) is 12.6 Å². The lowest BCUT2D eigenvalue weighted by atomic mass is 9.98. The molecule has 31 heavy (non-hydrogen) atoms. The van der Waals surface area contributed by atoms with Crippen LogP contribution >= 0.6 is 0 Å². The van der Waals surface area contributed by atoms with Gasteiger partial charge in [0.2, 0.25) is 0 Å². The molecule has 0 saturated carbocycles. The summed E-state index contributed by atoms with van der Waals surface area (Å²) in [4.78, 5) is 20.9. The summed E-state index contributed by atoms with van der Waals surface area (Å²) >= 11 is 0. The minimum absolute atomic E-state index is 0.00459. The predicted octanol–water partition coefficient (Wildman–Crippen LogP) is 2.88. The second-order valence-corrected chi connectivity index (χ2v) is 7.83. The molecule has 164 valence electrons. The summed E-state index contributed by atoms with van der Waals surface area (Å²) < 4.78 is 10.8. The van der Waals surface area contributed by atoms with Crippen LogP contribution in [-0.2, 0) is 4.79 Å². The average molecular weight is 423 g/mol. The Labute approximate surface area is 183 Å². The molecule has 7 nitrogen and oxygen atoms in total. The van der Waals surface area contributed by atoms with Gasteiger partial charge in [-0.05, 0) is 42.7 Å². The summed E-state index contributed by atoms with van der Waals surface area (Å²) in [7, 11) is 3.51. The first-order chi connectivity index (χ1) is 15.2. The van der Waals surface area contributed by atoms with E-state index in [0.717, 1.165) is 55.6 Å². The number of fused-ring (bicyclic) bond motifs is 1. The number of likely N-dealkylation sites (tertiary alicyclic amines) is 1. The number of nitrogens with zero attached hydrogens (tertiary/aromatic N) is 3. The highest BCUT2D eigenvalue weighted by molar-refractivity contribution is 5.97. The van der Waals surface area contributed by atoms with Crippen molar-refractivity contribution in [3.63, 3.8) is 0 Å². The standard InChI is InChI=1S/C24H30N4O3/c1-25-24(27-15-12-19(16-27)18-8-10-20(30-2)11-9-18)26-13-5-14-28-21-6-3-4-7-22(21)31-17-23(28)29/h3-4,6-11,19H,5,12-17H2,1-2H3,(H,25,26). The number of guanidine groups is 1. The third-order valence-electron chi connectivity index (χ3n) is 5.94. The highest BCUT2D eigenvalue weighted by Gasteiger charge is 2.27. The number of ether oxygens (including phenoxy) is 2. The van der Waals surface area contributed by atoms with Gasteiger partial charge in [0.1, 0.15) is 11.5 Å². The van der Waals surface area contributed by atoms with E-state index in [0.29, 0.717) is 12.5 Å². The van der Waals surface area contributed by atoms with Gasteiger partial charge in [0.25, 0.3) is 5.91 Å². The number of para-hydroxylation sites is 2. The molecule has 0 radical (unpaired) electrons. The van der Waals surface area contributed by atoms with Crippen LogP contribution in [0, 0.1) is 0 Å². The van der Waals surface area contributed by atoms with Gasteiger partial charge in [-0.2, -0.15) is 0 Å². The summed E-state index contributed by atoms with van der Waals surface area (Å²) in [6, 6.07) is 16.0. The summed E-state index contributed by atoms with van der Waals surface area (Å²) in [5, 5.41) is 3.47. The Kier molecular flexibility index (Phi) is 6.60. The van der Waals surface area contributed by atoms with E-state index in [1.54, 1.807) is 7.11 Å². The van der Waals surface area contributed by atoms with E-state index in [4.69, 9.17) is 9.47 Å². The van der Waals surface area contributed by atoms with Crippen LogP contribution in [0.25, 0.3) is 0 Å². The topological polar surface area (TPSA) is 66.4 Å². The number of nitrogens with one attached hydrogen (secondary N) is 1. The van der Waals surface area contributed by atoms with E-state index >= 15 is 0 Å². The van der Waals surface area contributed by atoms with Crippen molar-refractivity contribution in [2.75, 3.05) is 51.8 Å². The van der Waals surface area contributed by atoms with Crippen LogP contribution in [0.3, 0.4) is 0 Å². The Hall–Kier alpha value is -3.22. The van der Waals surface area contributed by atoms with Crippen LogP contribution in [-0.4, -0.2) is 63.7 Å². The normalized spacial score (nSPS) is 18.6. The van der Waals surface area contributed by atoms with Crippen molar-refractivity contribution in [3.8, 4) is 11.5 Å². The van der Waals surface area contributed by atoms with Crippen LogP contribution in [0.1, 0.15) is 24.3 Å². The Bertz CT molecular complexity index is 929. The fraction of sp³-hybridized carbons (Fsp3) is 0.417. The number of hydrogen-bond acceptors (Lipinski definition) is 4. The van der Waals surface area contributed by atoms with Gasteiger partial charge in [0.05, 0.1) is 12.8 Å². The fourth-order valence-corrected chi connectivity index (χ4v) is 4.27. The number of hydrogen-bond donors (Lipinski definition) is 1. The van der Waals surface area contributed by atoms with Crippen molar-refractivity contribution in [1.29, 1.82) is 0 Å². The molecular formula is C24H30N4O3. The van der Waals surface area contributed by atoms with Gasteiger partial charge in [-0.25, -0.2) is 0 Å². The van der Waals surface area contributed by atoms with Crippen LogP contribution in [0.5, 0.6) is 11.5 Å². The lowest BCUT2D eigenvalue weighted by Gasteiger charge is -2.29. The third-order valence-corrected chi connectivity index (χ3v) is 5.94. The molecule has 0 aromatic heterocycles. The molecular weight excluding hydrogens is 392 g/mol. The number of anilines is 1. The summed E-state index contributed by atoms with van der Waals surface area (Å²) in [5.74, 6) is 3.08. The number of carbonyl (C=O) groups is 1. The molecule has 0 spiro atoms. The van der Waals surface area contributed by atoms with Gasteiger partial charge in [-0.3, -0.25) is 9.79 Å². The molecule has 1 amide bonds. The molecule has 0 bridgehead atoms. The van der Waals surface area contributed by atoms with Gasteiger partial charge in [-0.15, -0.1) is 0 Å². The van der Waals surface area contributed by atoms with Gasteiger partial charge in [0, 0.05) is 39.1 Å². The second kappa shape index (κ2) is 9.73. The van der Waals surface area contributed by atoms with Crippen molar-refractivity contribution in [2.24, 2.45) is 4.99 Å². The van der Waals surface area contributed by atoms with E-state index in [-0.39, 0.29) is 12.5 Å². The monoisotopic (exact) mass is 422 g/mol. The highest BCUT2D eigenvalue weighted by Crippen LogP contribution is 2.31. The minimum Gasteiger partial charge on any atom is -0.497 e. The van der Waals surface area contributed by atoms with Gasteiger partial charge >= 0.3 is 0 Å². The average Bonchev–Trinajstić information content (AvgIpc) is 3.30. The number of amides is 1. The van der Waals surface area contributed by atoms with Gasteiger partial charge in [-0.1, -0.05) is 24.3 Å². The highest BCUT2D eigenvalue weighted by atomic mass is 16.5. The molecule has 1 atom stereocenters. The Morgan fingerprint density at radius 2 is 2.03 bits per heavy atom. The number of aliphatic imine (C=N–C) groups is 1. The molecule has 1 fully saturated rings. The lowest BCUT2D eigenvalue weighted by Crippen LogP contribution is -2.43.